The van der Waals surface area contributed by atoms with Crippen molar-refractivity contribution in [3.05, 3.63) is 121 Å². The van der Waals surface area contributed by atoms with Crippen molar-refractivity contribution >= 4 is 28.9 Å². The fraction of sp³-hybridized carbons (Fsp3) is 0.111. The minimum absolute atomic E-state index is 0. The molecule has 0 unspecified atom stereocenters. The number of hydrogen-bond donors (Lipinski definition) is 1. The summed E-state index contributed by atoms with van der Waals surface area (Å²) in [5.74, 6) is 0. The molecule has 1 N–H and O–H groups in total. The van der Waals surface area contributed by atoms with Crippen LogP contribution in [0.3, 0.4) is 0 Å². The molecule has 30 heavy (non-hydrogen) atoms. The molecule has 0 saturated heterocycles. The minimum atomic E-state index is -1.77. The van der Waals surface area contributed by atoms with E-state index in [-0.39, 0.29) is 12.4 Å². The number of hydrogen-bond acceptors (Lipinski definition) is 1. The molecule has 4 aromatic carbocycles. The van der Waals surface area contributed by atoms with Crippen LogP contribution in [0.15, 0.2) is 115 Å². The molecule has 0 fully saturated rings. The quantitative estimate of drug-likeness (QED) is 0.443. The van der Waals surface area contributed by atoms with Crippen LogP contribution in [-0.4, -0.2) is 12.7 Å². The number of nitrogens with one attached hydrogen (secondary N) is 1. The molecular formula is C27H27ClNP. The van der Waals surface area contributed by atoms with E-state index in [1.807, 2.05) is 0 Å². The number of rotatable bonds is 7. The molecule has 0 aliphatic rings. The molecule has 0 heterocycles. The van der Waals surface area contributed by atoms with Crippen LogP contribution in [0.4, 0.5) is 5.69 Å². The van der Waals surface area contributed by atoms with Gasteiger partial charge in [0.15, 0.2) is 0 Å². The van der Waals surface area contributed by atoms with Crippen LogP contribution in [0.1, 0.15) is 5.56 Å². The molecule has 0 atom stereocenters. The molecule has 1 nitrogen and oxygen atoms in total. The Balaban J connectivity index is 0.00000256. The first-order valence-corrected chi connectivity index (χ1v) is 12.1. The molecule has 3 heteroatoms. The van der Waals surface area contributed by atoms with Gasteiger partial charge in [0.25, 0.3) is 0 Å². The van der Waals surface area contributed by atoms with Gasteiger partial charge in [-0.2, -0.15) is 0 Å². The van der Waals surface area contributed by atoms with Crippen LogP contribution < -0.4 is 33.6 Å². The van der Waals surface area contributed by atoms with Crippen molar-refractivity contribution < 1.29 is 12.4 Å². The van der Waals surface area contributed by atoms with Gasteiger partial charge in [-0.3, -0.25) is 0 Å². The normalized spacial score (nSPS) is 10.8. The molecule has 0 saturated carbocycles. The van der Waals surface area contributed by atoms with E-state index in [1.165, 1.54) is 27.2 Å². The topological polar surface area (TPSA) is 12.0 Å². The third-order valence-corrected chi connectivity index (χ3v) is 9.93. The fourth-order valence-electron chi connectivity index (χ4n) is 4.01. The lowest BCUT2D eigenvalue weighted by Gasteiger charge is -2.28. The molecule has 4 rings (SSSR count). The van der Waals surface area contributed by atoms with E-state index in [0.717, 1.165) is 12.7 Å². The second-order valence-electron chi connectivity index (χ2n) is 7.28. The molecule has 0 amide bonds. The molecule has 0 bridgehead atoms. The van der Waals surface area contributed by atoms with Crippen LogP contribution in [0.2, 0.25) is 0 Å². The highest BCUT2D eigenvalue weighted by atomic mass is 35.5. The summed E-state index contributed by atoms with van der Waals surface area (Å²) < 4.78 is 0. The number of aryl methyl sites for hydroxylation is 1. The summed E-state index contributed by atoms with van der Waals surface area (Å²) in [6, 6.07) is 41.7. The first-order chi connectivity index (χ1) is 14.3. The van der Waals surface area contributed by atoms with E-state index in [2.05, 4.69) is 128 Å². The third-order valence-electron chi connectivity index (χ3n) is 5.50. The van der Waals surface area contributed by atoms with Crippen molar-refractivity contribution in [2.45, 2.75) is 6.92 Å². The second kappa shape index (κ2) is 10.4. The van der Waals surface area contributed by atoms with E-state index in [9.17, 15) is 0 Å². The Hall–Kier alpha value is -2.60. The average Bonchev–Trinajstić information content (AvgIpc) is 2.80. The average molecular weight is 432 g/mol. The lowest BCUT2D eigenvalue weighted by Crippen LogP contribution is -3.00. The largest absolute Gasteiger partial charge is 1.00 e. The maximum Gasteiger partial charge on any atom is 0.113 e. The summed E-state index contributed by atoms with van der Waals surface area (Å²) in [6.07, 6.45) is 1.07. The van der Waals surface area contributed by atoms with Crippen molar-refractivity contribution in [2.24, 2.45) is 0 Å². The Morgan fingerprint density at radius 2 is 0.967 bits per heavy atom. The Bertz CT molecular complexity index is 939. The van der Waals surface area contributed by atoms with Crippen molar-refractivity contribution in [2.75, 3.05) is 18.0 Å². The van der Waals surface area contributed by atoms with Crippen LogP contribution >= 0.6 is 7.26 Å². The van der Waals surface area contributed by atoms with Gasteiger partial charge in [0.05, 0.1) is 6.16 Å². The van der Waals surface area contributed by atoms with Gasteiger partial charge in [-0.25, -0.2) is 0 Å². The number of para-hydroxylation sites is 1. The van der Waals surface area contributed by atoms with Gasteiger partial charge in [-0.1, -0.05) is 72.8 Å². The first-order valence-electron chi connectivity index (χ1n) is 10.2. The highest BCUT2D eigenvalue weighted by molar-refractivity contribution is 7.95. The zero-order valence-electron chi connectivity index (χ0n) is 17.2. The van der Waals surface area contributed by atoms with Crippen molar-refractivity contribution in [3.63, 3.8) is 0 Å². The molecular weight excluding hydrogens is 405 g/mol. The molecule has 4 aromatic rings. The molecule has 0 radical (unpaired) electrons. The Kier molecular flexibility index (Phi) is 7.69. The van der Waals surface area contributed by atoms with Gasteiger partial charge in [-0.05, 0) is 55.0 Å². The SMILES string of the molecule is Cc1ccccc1NCC[P+](c1ccccc1)(c1ccccc1)c1ccccc1.[Cl-]. The number of benzene rings is 4. The first kappa shape index (κ1) is 22.1. The lowest BCUT2D eigenvalue weighted by molar-refractivity contribution is -0.00000566. The highest BCUT2D eigenvalue weighted by Gasteiger charge is 2.44. The van der Waals surface area contributed by atoms with Gasteiger partial charge in [0.1, 0.15) is 23.2 Å². The minimum Gasteiger partial charge on any atom is -1.00 e. The summed E-state index contributed by atoms with van der Waals surface area (Å²) >= 11 is 0. The van der Waals surface area contributed by atoms with E-state index in [1.54, 1.807) is 0 Å². The Morgan fingerprint density at radius 3 is 1.40 bits per heavy atom. The summed E-state index contributed by atoms with van der Waals surface area (Å²) in [6.45, 7) is 3.09. The maximum atomic E-state index is 3.71. The second-order valence-corrected chi connectivity index (χ2v) is 10.9. The van der Waals surface area contributed by atoms with Crippen LogP contribution in [0, 0.1) is 6.92 Å². The van der Waals surface area contributed by atoms with E-state index in [4.69, 9.17) is 0 Å². The van der Waals surface area contributed by atoms with Crippen molar-refractivity contribution in [3.8, 4) is 0 Å². The smallest absolute Gasteiger partial charge is 0.113 e. The fourth-order valence-corrected chi connectivity index (χ4v) is 8.17. The van der Waals surface area contributed by atoms with E-state index >= 15 is 0 Å². The van der Waals surface area contributed by atoms with Gasteiger partial charge in [0, 0.05) is 12.2 Å². The summed E-state index contributed by atoms with van der Waals surface area (Å²) in [5, 5.41) is 8.01. The van der Waals surface area contributed by atoms with E-state index in [0.29, 0.717) is 0 Å². The van der Waals surface area contributed by atoms with Crippen LogP contribution in [0.5, 0.6) is 0 Å². The molecule has 0 aliphatic heterocycles. The highest BCUT2D eigenvalue weighted by Crippen LogP contribution is 2.54. The zero-order valence-corrected chi connectivity index (χ0v) is 18.9. The number of halogens is 1. The summed E-state index contributed by atoms with van der Waals surface area (Å²) in [7, 11) is -1.77. The monoisotopic (exact) mass is 431 g/mol. The van der Waals surface area contributed by atoms with Gasteiger partial charge >= 0.3 is 0 Å². The van der Waals surface area contributed by atoms with Gasteiger partial charge < -0.3 is 17.7 Å². The van der Waals surface area contributed by atoms with Crippen molar-refractivity contribution in [1.29, 1.82) is 0 Å². The van der Waals surface area contributed by atoms with E-state index < -0.39 is 7.26 Å². The molecule has 0 spiro atoms. The molecule has 0 aliphatic carbocycles. The van der Waals surface area contributed by atoms with Gasteiger partial charge in [-0.15, -0.1) is 0 Å². The predicted octanol–water partition coefficient (Wildman–Crippen LogP) is 2.41. The number of anilines is 1. The van der Waals surface area contributed by atoms with Crippen molar-refractivity contribution in [1.82, 2.24) is 0 Å². The molecule has 0 aromatic heterocycles. The Morgan fingerprint density at radius 1 is 0.567 bits per heavy atom. The zero-order chi connectivity index (χ0) is 19.9. The standard InChI is InChI=1S/C27H27NP.ClH/c1-23-13-11-12-20-27(23)28-21-22-29(24-14-5-2-6-15-24,25-16-7-3-8-17-25)26-18-9-4-10-19-26;/h2-20,28H,21-22H2,1H3;1H/q+1;/p-1. The predicted molar refractivity (Wildman–Crippen MR) is 130 cm³/mol. The Labute approximate surface area is 186 Å². The lowest BCUT2D eigenvalue weighted by atomic mass is 10.2. The van der Waals surface area contributed by atoms with Crippen LogP contribution in [-0.2, 0) is 0 Å². The molecule has 152 valence electrons. The van der Waals surface area contributed by atoms with Crippen LogP contribution in [0.25, 0.3) is 0 Å². The third kappa shape index (κ3) is 4.59. The maximum absolute atomic E-state index is 3.71. The summed E-state index contributed by atoms with van der Waals surface area (Å²) in [4.78, 5) is 0. The van der Waals surface area contributed by atoms with Gasteiger partial charge in [0.2, 0.25) is 0 Å². The summed E-state index contributed by atoms with van der Waals surface area (Å²) in [5.41, 5.74) is 2.51.